The molecule has 0 radical (unpaired) electrons. The Bertz CT molecular complexity index is 695. The van der Waals surface area contributed by atoms with Crippen LogP contribution >= 0.6 is 0 Å². The van der Waals surface area contributed by atoms with E-state index in [4.69, 9.17) is 5.73 Å². The number of amides is 1. The molecule has 1 fully saturated rings. The smallest absolute Gasteiger partial charge is 0.255 e. The first-order valence-electron chi connectivity index (χ1n) is 7.38. The molecule has 22 heavy (non-hydrogen) atoms. The van der Waals surface area contributed by atoms with Gasteiger partial charge in [-0.25, -0.2) is 9.97 Å². The van der Waals surface area contributed by atoms with E-state index in [9.17, 15) is 4.79 Å². The number of nitrogens with two attached hydrogens (primary N) is 1. The number of rotatable bonds is 2. The summed E-state index contributed by atoms with van der Waals surface area (Å²) in [4.78, 5) is 27.3. The first kappa shape index (κ1) is 14.4. The predicted octanol–water partition coefficient (Wildman–Crippen LogP) is 2.05. The number of anilines is 1. The number of carbonyl (C=O) groups excluding carboxylic acids is 1. The molecule has 6 heteroatoms. The molecule has 0 bridgehead atoms. The highest BCUT2D eigenvalue weighted by Gasteiger charge is 2.32. The molecular formula is C16H19N5O. The van der Waals surface area contributed by atoms with Crippen LogP contribution in [0.4, 0.5) is 5.82 Å². The lowest BCUT2D eigenvalue weighted by molar-refractivity contribution is 0.0732. The van der Waals surface area contributed by atoms with E-state index in [1.165, 1.54) is 0 Å². The number of hydrogen-bond donors (Lipinski definition) is 1. The number of aryl methyl sites for hydroxylation is 2. The fourth-order valence-corrected chi connectivity index (χ4v) is 2.94. The van der Waals surface area contributed by atoms with Crippen molar-refractivity contribution in [3.05, 3.63) is 47.2 Å². The van der Waals surface area contributed by atoms with Gasteiger partial charge in [-0.3, -0.25) is 9.78 Å². The topological polar surface area (TPSA) is 85.0 Å². The van der Waals surface area contributed by atoms with E-state index in [-0.39, 0.29) is 11.9 Å². The Labute approximate surface area is 129 Å². The van der Waals surface area contributed by atoms with E-state index >= 15 is 0 Å². The Morgan fingerprint density at radius 2 is 2.09 bits per heavy atom. The molecule has 1 atom stereocenters. The molecule has 2 aromatic heterocycles. The minimum absolute atomic E-state index is 0.00598. The molecule has 3 rings (SSSR count). The van der Waals surface area contributed by atoms with Gasteiger partial charge in [-0.2, -0.15) is 0 Å². The zero-order chi connectivity index (χ0) is 15.7. The van der Waals surface area contributed by atoms with Crippen LogP contribution in [0.1, 0.15) is 46.3 Å². The van der Waals surface area contributed by atoms with Gasteiger partial charge in [-0.1, -0.05) is 0 Å². The maximum absolute atomic E-state index is 12.8. The van der Waals surface area contributed by atoms with Gasteiger partial charge in [0.1, 0.15) is 11.6 Å². The fraction of sp³-hybridized carbons (Fsp3) is 0.375. The first-order chi connectivity index (χ1) is 10.5. The minimum atomic E-state index is -0.0444. The van der Waals surface area contributed by atoms with Crippen molar-refractivity contribution >= 4 is 11.7 Å². The maximum Gasteiger partial charge on any atom is 0.255 e. The third kappa shape index (κ3) is 2.77. The summed E-state index contributed by atoms with van der Waals surface area (Å²) in [5.74, 6) is 1.07. The summed E-state index contributed by atoms with van der Waals surface area (Å²) in [5, 5.41) is 0. The predicted molar refractivity (Wildman–Crippen MR) is 83.2 cm³/mol. The number of hydrogen-bond acceptors (Lipinski definition) is 5. The van der Waals surface area contributed by atoms with E-state index in [2.05, 4.69) is 15.0 Å². The molecule has 1 saturated heterocycles. The fourth-order valence-electron chi connectivity index (χ4n) is 2.94. The number of nitrogen functional groups attached to an aromatic ring is 1. The van der Waals surface area contributed by atoms with E-state index < -0.39 is 0 Å². The van der Waals surface area contributed by atoms with Crippen molar-refractivity contribution < 1.29 is 4.79 Å². The second-order valence-corrected chi connectivity index (χ2v) is 5.67. The average Bonchev–Trinajstić information content (AvgIpc) is 2.95. The molecule has 0 spiro atoms. The third-order valence-electron chi connectivity index (χ3n) is 3.85. The van der Waals surface area contributed by atoms with Gasteiger partial charge in [0.15, 0.2) is 0 Å². The molecule has 2 N–H and O–H groups in total. The summed E-state index contributed by atoms with van der Waals surface area (Å²) in [5.41, 5.74) is 8.22. The van der Waals surface area contributed by atoms with Crippen molar-refractivity contribution in [3.63, 3.8) is 0 Å². The van der Waals surface area contributed by atoms with Gasteiger partial charge in [-0.15, -0.1) is 0 Å². The Kier molecular flexibility index (Phi) is 3.75. The van der Waals surface area contributed by atoms with Gasteiger partial charge in [0.05, 0.1) is 17.3 Å². The molecule has 0 unspecified atom stereocenters. The van der Waals surface area contributed by atoms with E-state index in [0.717, 1.165) is 30.6 Å². The van der Waals surface area contributed by atoms with Crippen LogP contribution in [0.3, 0.4) is 0 Å². The van der Waals surface area contributed by atoms with E-state index in [1.54, 1.807) is 18.5 Å². The minimum Gasteiger partial charge on any atom is -0.384 e. The molecule has 0 aliphatic carbocycles. The van der Waals surface area contributed by atoms with Gasteiger partial charge >= 0.3 is 0 Å². The zero-order valence-electron chi connectivity index (χ0n) is 12.8. The molecule has 1 amide bonds. The molecule has 114 valence electrons. The van der Waals surface area contributed by atoms with Crippen LogP contribution in [0.2, 0.25) is 0 Å². The first-order valence-corrected chi connectivity index (χ1v) is 7.38. The highest BCUT2D eigenvalue weighted by Crippen LogP contribution is 2.32. The monoisotopic (exact) mass is 297 g/mol. The number of aromatic nitrogens is 3. The third-order valence-corrected chi connectivity index (χ3v) is 3.85. The Morgan fingerprint density at radius 1 is 1.27 bits per heavy atom. The molecule has 0 aromatic carbocycles. The average molecular weight is 297 g/mol. The van der Waals surface area contributed by atoms with Gasteiger partial charge in [-0.05, 0) is 38.3 Å². The van der Waals surface area contributed by atoms with Crippen molar-refractivity contribution in [1.82, 2.24) is 19.9 Å². The van der Waals surface area contributed by atoms with Crippen LogP contribution < -0.4 is 5.73 Å². The molecule has 0 saturated carbocycles. The molecular weight excluding hydrogens is 278 g/mol. The van der Waals surface area contributed by atoms with Gasteiger partial charge < -0.3 is 10.6 Å². The zero-order valence-corrected chi connectivity index (χ0v) is 12.8. The van der Waals surface area contributed by atoms with Crippen molar-refractivity contribution in [2.45, 2.75) is 32.7 Å². The Hall–Kier alpha value is -2.50. The van der Waals surface area contributed by atoms with E-state index in [0.29, 0.717) is 17.2 Å². The number of pyridine rings is 1. The lowest BCUT2D eigenvalue weighted by Crippen LogP contribution is -2.31. The lowest BCUT2D eigenvalue weighted by Gasteiger charge is -2.24. The highest BCUT2D eigenvalue weighted by atomic mass is 16.2. The molecule has 2 aromatic rings. The SMILES string of the molecule is Cc1cncc(C(=O)N2CCC[C@@H]2c2cc(N)nc(C)n2)c1. The molecule has 3 heterocycles. The highest BCUT2D eigenvalue weighted by molar-refractivity contribution is 5.94. The number of likely N-dealkylation sites (tertiary alicyclic amines) is 1. The summed E-state index contributed by atoms with van der Waals surface area (Å²) >= 11 is 0. The summed E-state index contributed by atoms with van der Waals surface area (Å²) in [6.45, 7) is 4.46. The van der Waals surface area contributed by atoms with Gasteiger partial charge in [0.2, 0.25) is 0 Å². The van der Waals surface area contributed by atoms with Crippen LogP contribution in [0.25, 0.3) is 0 Å². The Balaban J connectivity index is 1.91. The second kappa shape index (κ2) is 5.71. The maximum atomic E-state index is 12.8. The van der Waals surface area contributed by atoms with Gasteiger partial charge in [0.25, 0.3) is 5.91 Å². The van der Waals surface area contributed by atoms with Crippen LogP contribution in [0.15, 0.2) is 24.5 Å². The lowest BCUT2D eigenvalue weighted by atomic mass is 10.1. The second-order valence-electron chi connectivity index (χ2n) is 5.67. The quantitative estimate of drug-likeness (QED) is 0.917. The van der Waals surface area contributed by atoms with Crippen molar-refractivity contribution in [1.29, 1.82) is 0 Å². The van der Waals surface area contributed by atoms with Crippen LogP contribution in [0, 0.1) is 13.8 Å². The van der Waals surface area contributed by atoms with Crippen molar-refractivity contribution in [3.8, 4) is 0 Å². The summed E-state index contributed by atoms with van der Waals surface area (Å²) in [6, 6.07) is 3.58. The number of carbonyl (C=O) groups is 1. The van der Waals surface area contributed by atoms with Crippen molar-refractivity contribution in [2.24, 2.45) is 0 Å². The van der Waals surface area contributed by atoms with Crippen LogP contribution in [-0.2, 0) is 0 Å². The summed E-state index contributed by atoms with van der Waals surface area (Å²) in [7, 11) is 0. The largest absolute Gasteiger partial charge is 0.384 e. The normalized spacial score (nSPS) is 17.7. The van der Waals surface area contributed by atoms with Gasteiger partial charge in [0, 0.05) is 25.0 Å². The van der Waals surface area contributed by atoms with Crippen molar-refractivity contribution in [2.75, 3.05) is 12.3 Å². The molecule has 1 aliphatic rings. The van der Waals surface area contributed by atoms with Crippen LogP contribution in [-0.4, -0.2) is 32.3 Å². The van der Waals surface area contributed by atoms with E-state index in [1.807, 2.05) is 24.8 Å². The molecule has 6 nitrogen and oxygen atoms in total. The summed E-state index contributed by atoms with van der Waals surface area (Å²) in [6.07, 6.45) is 5.20. The standard InChI is InChI=1S/C16H19N5O/c1-10-6-12(9-18-8-10)16(22)21-5-3-4-14(21)13-7-15(17)20-11(2)19-13/h6-9,14H,3-5H2,1-2H3,(H2,17,19,20)/t14-/m1/s1. The Morgan fingerprint density at radius 3 is 2.82 bits per heavy atom. The number of nitrogens with zero attached hydrogens (tertiary/aromatic N) is 4. The summed E-state index contributed by atoms with van der Waals surface area (Å²) < 4.78 is 0. The molecule has 1 aliphatic heterocycles. The van der Waals surface area contributed by atoms with Crippen LogP contribution in [0.5, 0.6) is 0 Å².